The van der Waals surface area contributed by atoms with Crippen molar-refractivity contribution < 1.29 is 28.6 Å². The zero-order valence-electron chi connectivity index (χ0n) is 21.1. The molecule has 10 nitrogen and oxygen atoms in total. The fraction of sp³-hybridized carbons (Fsp3) is 0.269. The molecule has 1 aromatic heterocycles. The molecule has 0 fully saturated rings. The van der Waals surface area contributed by atoms with E-state index in [9.17, 15) is 14.4 Å². The van der Waals surface area contributed by atoms with E-state index >= 15 is 0 Å². The van der Waals surface area contributed by atoms with Crippen molar-refractivity contribution in [1.29, 1.82) is 0 Å². The minimum atomic E-state index is -0.649. The van der Waals surface area contributed by atoms with E-state index in [4.69, 9.17) is 14.2 Å². The molecular formula is C26H28N4O6S. The van der Waals surface area contributed by atoms with Gasteiger partial charge < -0.3 is 19.5 Å². The third-order valence-electron chi connectivity index (χ3n) is 5.34. The molecule has 0 bridgehead atoms. The molecular weight excluding hydrogens is 496 g/mol. The molecule has 0 atom stereocenters. The predicted octanol–water partition coefficient (Wildman–Crippen LogP) is 3.96. The van der Waals surface area contributed by atoms with Gasteiger partial charge >= 0.3 is 11.9 Å². The Kier molecular flexibility index (Phi) is 9.45. The summed E-state index contributed by atoms with van der Waals surface area (Å²) >= 11 is 1.18. The van der Waals surface area contributed by atoms with Crippen LogP contribution in [0.25, 0.3) is 0 Å². The maximum absolute atomic E-state index is 12.7. The molecule has 3 aromatic rings. The topological polar surface area (TPSA) is 122 Å². The SMILES string of the molecule is C=CCn1c(COc2ccc(C)c(C)c2)nnc1SCC(=O)Nc1cc(C(=O)OC)cc(C(=O)OC)c1. The monoisotopic (exact) mass is 524 g/mol. The molecule has 37 heavy (non-hydrogen) atoms. The number of hydrogen-bond acceptors (Lipinski definition) is 9. The van der Waals surface area contributed by atoms with Gasteiger partial charge in [-0.3, -0.25) is 9.36 Å². The van der Waals surface area contributed by atoms with Crippen LogP contribution in [-0.4, -0.2) is 52.6 Å². The summed E-state index contributed by atoms with van der Waals surface area (Å²) in [6, 6.07) is 10.0. The fourth-order valence-electron chi connectivity index (χ4n) is 3.29. The number of rotatable bonds is 11. The number of anilines is 1. The summed E-state index contributed by atoms with van der Waals surface area (Å²) in [5.74, 6) is -0.347. The summed E-state index contributed by atoms with van der Waals surface area (Å²) in [5, 5.41) is 11.6. The van der Waals surface area contributed by atoms with Crippen LogP contribution in [0.3, 0.4) is 0 Å². The van der Waals surface area contributed by atoms with Crippen molar-refractivity contribution in [2.45, 2.75) is 32.2 Å². The molecule has 0 saturated heterocycles. The Morgan fingerprint density at radius 2 is 1.68 bits per heavy atom. The zero-order chi connectivity index (χ0) is 26.9. The Bertz CT molecular complexity index is 1290. The van der Waals surface area contributed by atoms with Gasteiger partial charge in [0.25, 0.3) is 0 Å². The highest BCUT2D eigenvalue weighted by molar-refractivity contribution is 7.99. The molecule has 0 saturated carbocycles. The molecule has 0 aliphatic carbocycles. The van der Waals surface area contributed by atoms with Crippen LogP contribution in [0.5, 0.6) is 5.75 Å². The first-order chi connectivity index (χ1) is 17.7. The molecule has 0 aliphatic heterocycles. The van der Waals surface area contributed by atoms with Gasteiger partial charge in [0.2, 0.25) is 5.91 Å². The van der Waals surface area contributed by atoms with Gasteiger partial charge in [0, 0.05) is 12.2 Å². The number of allylic oxidation sites excluding steroid dienone is 1. The molecule has 2 aromatic carbocycles. The van der Waals surface area contributed by atoms with Gasteiger partial charge in [0.05, 0.1) is 31.1 Å². The lowest BCUT2D eigenvalue weighted by molar-refractivity contribution is -0.113. The third kappa shape index (κ3) is 7.20. The summed E-state index contributed by atoms with van der Waals surface area (Å²) in [6.45, 7) is 8.48. The van der Waals surface area contributed by atoms with E-state index in [1.165, 1.54) is 49.7 Å². The molecule has 0 aliphatic rings. The van der Waals surface area contributed by atoms with Crippen LogP contribution in [-0.2, 0) is 27.4 Å². The van der Waals surface area contributed by atoms with Gasteiger partial charge in [-0.1, -0.05) is 23.9 Å². The van der Waals surface area contributed by atoms with E-state index in [-0.39, 0.29) is 35.1 Å². The normalized spacial score (nSPS) is 10.5. The number of hydrogen-bond donors (Lipinski definition) is 1. The second-order valence-corrected chi connectivity index (χ2v) is 8.89. The van der Waals surface area contributed by atoms with Crippen molar-refractivity contribution in [1.82, 2.24) is 14.8 Å². The van der Waals surface area contributed by atoms with Crippen LogP contribution < -0.4 is 10.1 Å². The number of nitrogens with zero attached hydrogens (tertiary/aromatic N) is 3. The van der Waals surface area contributed by atoms with Gasteiger partial charge in [0.15, 0.2) is 11.0 Å². The van der Waals surface area contributed by atoms with E-state index in [0.717, 1.165) is 11.3 Å². The number of carbonyl (C=O) groups is 3. The molecule has 1 heterocycles. The maximum Gasteiger partial charge on any atom is 0.337 e. The Hall–Kier alpha value is -4.12. The lowest BCUT2D eigenvalue weighted by Gasteiger charge is -2.11. The Balaban J connectivity index is 1.68. The highest BCUT2D eigenvalue weighted by Gasteiger charge is 2.17. The average Bonchev–Trinajstić information content (AvgIpc) is 3.28. The molecule has 11 heteroatoms. The van der Waals surface area contributed by atoms with Gasteiger partial charge in [0.1, 0.15) is 12.4 Å². The Morgan fingerprint density at radius 3 is 2.27 bits per heavy atom. The molecule has 3 rings (SSSR count). The number of aryl methyl sites for hydroxylation is 2. The number of carbonyl (C=O) groups excluding carboxylic acids is 3. The Morgan fingerprint density at radius 1 is 1.00 bits per heavy atom. The van der Waals surface area contributed by atoms with Crippen molar-refractivity contribution >= 4 is 35.3 Å². The minimum absolute atomic E-state index is 0.00327. The van der Waals surface area contributed by atoms with Crippen LogP contribution in [0.1, 0.15) is 37.7 Å². The first-order valence-electron chi connectivity index (χ1n) is 11.2. The van der Waals surface area contributed by atoms with Gasteiger partial charge in [-0.2, -0.15) is 0 Å². The standard InChI is InChI=1S/C26H28N4O6S/c1-6-9-30-22(14-36-21-8-7-16(2)17(3)10-21)28-29-26(30)37-15-23(31)27-20-12-18(24(32)34-4)11-19(13-20)25(33)35-5/h6-8,10-13H,1,9,14-15H2,2-5H3,(H,27,31). The molecule has 0 unspecified atom stereocenters. The maximum atomic E-state index is 12.7. The van der Waals surface area contributed by atoms with Gasteiger partial charge in [-0.25, -0.2) is 9.59 Å². The molecule has 0 radical (unpaired) electrons. The van der Waals surface area contributed by atoms with E-state index in [1.807, 2.05) is 36.6 Å². The average molecular weight is 525 g/mol. The highest BCUT2D eigenvalue weighted by Crippen LogP contribution is 2.22. The van der Waals surface area contributed by atoms with Crippen LogP contribution in [0.4, 0.5) is 5.69 Å². The van der Waals surface area contributed by atoms with Gasteiger partial charge in [-0.15, -0.1) is 16.8 Å². The number of esters is 2. The second-order valence-electron chi connectivity index (χ2n) is 7.95. The summed E-state index contributed by atoms with van der Waals surface area (Å²) < 4.78 is 17.2. The molecule has 0 spiro atoms. The largest absolute Gasteiger partial charge is 0.486 e. The number of nitrogens with one attached hydrogen (secondary N) is 1. The van der Waals surface area contributed by atoms with E-state index in [1.54, 1.807) is 6.08 Å². The summed E-state index contributed by atoms with van der Waals surface area (Å²) in [5.41, 5.74) is 2.77. The molecule has 1 N–H and O–H groups in total. The first kappa shape index (κ1) is 27.5. The molecule has 194 valence electrons. The third-order valence-corrected chi connectivity index (χ3v) is 6.31. The minimum Gasteiger partial charge on any atom is -0.486 e. The lowest BCUT2D eigenvalue weighted by atomic mass is 10.1. The smallest absolute Gasteiger partial charge is 0.337 e. The van der Waals surface area contributed by atoms with E-state index < -0.39 is 11.9 Å². The van der Waals surface area contributed by atoms with Crippen molar-refractivity contribution in [3.05, 3.63) is 77.1 Å². The van der Waals surface area contributed by atoms with E-state index in [2.05, 4.69) is 22.1 Å². The number of thioether (sulfide) groups is 1. The fourth-order valence-corrected chi connectivity index (χ4v) is 4.06. The summed E-state index contributed by atoms with van der Waals surface area (Å²) in [7, 11) is 2.45. The highest BCUT2D eigenvalue weighted by atomic mass is 32.2. The van der Waals surface area contributed by atoms with Crippen LogP contribution in [0.15, 0.2) is 54.2 Å². The van der Waals surface area contributed by atoms with Crippen LogP contribution in [0, 0.1) is 13.8 Å². The number of methoxy groups -OCH3 is 2. The Labute approximate surface area is 219 Å². The van der Waals surface area contributed by atoms with E-state index in [0.29, 0.717) is 17.5 Å². The van der Waals surface area contributed by atoms with Crippen LogP contribution in [0.2, 0.25) is 0 Å². The van der Waals surface area contributed by atoms with Crippen molar-refractivity contribution in [3.8, 4) is 5.75 Å². The quantitative estimate of drug-likeness (QED) is 0.226. The lowest BCUT2D eigenvalue weighted by Crippen LogP contribution is -2.16. The van der Waals surface area contributed by atoms with Crippen molar-refractivity contribution in [3.63, 3.8) is 0 Å². The summed E-state index contributed by atoms with van der Waals surface area (Å²) in [4.78, 5) is 36.6. The predicted molar refractivity (Wildman–Crippen MR) is 139 cm³/mol. The first-order valence-corrected chi connectivity index (χ1v) is 12.2. The zero-order valence-corrected chi connectivity index (χ0v) is 21.9. The van der Waals surface area contributed by atoms with Crippen molar-refractivity contribution in [2.75, 3.05) is 25.3 Å². The van der Waals surface area contributed by atoms with Crippen molar-refractivity contribution in [2.24, 2.45) is 0 Å². The number of aromatic nitrogens is 3. The number of amides is 1. The second kappa shape index (κ2) is 12.7. The number of ether oxygens (including phenoxy) is 3. The number of benzene rings is 2. The van der Waals surface area contributed by atoms with Gasteiger partial charge in [-0.05, 0) is 55.3 Å². The molecule has 1 amide bonds. The summed E-state index contributed by atoms with van der Waals surface area (Å²) in [6.07, 6.45) is 1.71. The van der Waals surface area contributed by atoms with Crippen LogP contribution >= 0.6 is 11.8 Å².